The Morgan fingerprint density at radius 3 is 2.97 bits per heavy atom. The van der Waals surface area contributed by atoms with Gasteiger partial charge in [-0.25, -0.2) is 4.79 Å². The van der Waals surface area contributed by atoms with Gasteiger partial charge in [0.05, 0.1) is 23.6 Å². The van der Waals surface area contributed by atoms with E-state index in [0.717, 1.165) is 61.0 Å². The van der Waals surface area contributed by atoms with Gasteiger partial charge in [-0.15, -0.1) is 5.10 Å². The highest BCUT2D eigenvalue weighted by Gasteiger charge is 2.39. The first-order valence-corrected chi connectivity index (χ1v) is 10.8. The molecule has 2 aromatic rings. The van der Waals surface area contributed by atoms with E-state index >= 15 is 0 Å². The molecule has 1 spiro atoms. The van der Waals surface area contributed by atoms with Gasteiger partial charge < -0.3 is 14.8 Å². The van der Waals surface area contributed by atoms with Gasteiger partial charge in [0.15, 0.2) is 5.69 Å². The number of carbonyl (C=O) groups is 2. The third-order valence-electron chi connectivity index (χ3n) is 5.73. The van der Waals surface area contributed by atoms with Gasteiger partial charge in [0.1, 0.15) is 0 Å². The Kier molecular flexibility index (Phi) is 5.91. The summed E-state index contributed by atoms with van der Waals surface area (Å²) < 4.78 is 16.4. The smallest absolute Gasteiger partial charge is 0.359 e. The monoisotopic (exact) mass is 419 g/mol. The second kappa shape index (κ2) is 8.58. The lowest BCUT2D eigenvalue weighted by atomic mass is 9.76. The Morgan fingerprint density at radius 1 is 1.41 bits per heavy atom. The minimum atomic E-state index is -0.465. The minimum Gasteiger partial charge on any atom is -0.461 e. The second-order valence-electron chi connectivity index (χ2n) is 7.60. The molecule has 0 bridgehead atoms. The van der Waals surface area contributed by atoms with E-state index in [4.69, 9.17) is 14.6 Å². The molecule has 2 aromatic heterocycles. The van der Waals surface area contributed by atoms with Crippen molar-refractivity contribution in [3.8, 4) is 0 Å². The zero-order valence-corrected chi connectivity index (χ0v) is 17.3. The number of esters is 1. The van der Waals surface area contributed by atoms with Crippen LogP contribution in [0.15, 0.2) is 5.38 Å². The Balaban J connectivity index is 1.47. The summed E-state index contributed by atoms with van der Waals surface area (Å²) in [7, 11) is 0. The van der Waals surface area contributed by atoms with E-state index in [-0.39, 0.29) is 23.6 Å². The number of hydrogen-bond acceptors (Lipinski definition) is 8. The lowest BCUT2D eigenvalue weighted by Gasteiger charge is -2.36. The number of aromatic nitrogens is 4. The molecule has 1 saturated heterocycles. The topological polar surface area (TPSA) is 108 Å². The number of fused-ring (bicyclic) bond motifs is 1. The molecule has 10 heteroatoms. The number of hydrogen-bond donors (Lipinski definition) is 1. The van der Waals surface area contributed by atoms with Gasteiger partial charge in [-0.2, -0.15) is 5.10 Å². The Morgan fingerprint density at radius 2 is 2.24 bits per heavy atom. The van der Waals surface area contributed by atoms with Crippen LogP contribution in [0.5, 0.6) is 0 Å². The molecular weight excluding hydrogens is 394 g/mol. The highest BCUT2D eigenvalue weighted by Crippen LogP contribution is 2.37. The minimum absolute atomic E-state index is 0.0199. The maximum atomic E-state index is 12.8. The fourth-order valence-corrected chi connectivity index (χ4v) is 4.49. The van der Waals surface area contributed by atoms with Crippen LogP contribution in [-0.2, 0) is 28.9 Å². The van der Waals surface area contributed by atoms with Gasteiger partial charge in [-0.1, -0.05) is 11.4 Å². The molecule has 0 atom stereocenters. The summed E-state index contributed by atoms with van der Waals surface area (Å²) in [5, 5.41) is 13.1. The number of carbonyl (C=O) groups excluding carboxylic acids is 2. The summed E-state index contributed by atoms with van der Waals surface area (Å²) >= 11 is 1.11. The van der Waals surface area contributed by atoms with E-state index in [0.29, 0.717) is 25.9 Å². The molecule has 0 saturated carbocycles. The highest BCUT2D eigenvalue weighted by molar-refractivity contribution is 7.03. The summed E-state index contributed by atoms with van der Waals surface area (Å²) in [4.78, 5) is 24.7. The summed E-state index contributed by atoms with van der Waals surface area (Å²) in [5.74, 6) is -0.498. The van der Waals surface area contributed by atoms with Crippen molar-refractivity contribution in [2.24, 2.45) is 5.41 Å². The lowest BCUT2D eigenvalue weighted by Crippen LogP contribution is -2.40. The average Bonchev–Trinajstić information content (AvgIpc) is 3.36. The predicted octanol–water partition coefficient (Wildman–Crippen LogP) is 1.63. The Hall–Kier alpha value is -2.33. The first-order valence-electron chi connectivity index (χ1n) is 10.0. The van der Waals surface area contributed by atoms with Crippen LogP contribution in [-0.4, -0.2) is 57.6 Å². The molecule has 0 radical (unpaired) electrons. The molecule has 2 aliphatic heterocycles. The molecule has 1 fully saturated rings. The highest BCUT2D eigenvalue weighted by atomic mass is 32.1. The van der Waals surface area contributed by atoms with Gasteiger partial charge in [0.25, 0.3) is 5.91 Å². The third kappa shape index (κ3) is 4.18. The molecule has 4 rings (SSSR count). The van der Waals surface area contributed by atoms with Crippen molar-refractivity contribution < 1.29 is 19.1 Å². The van der Waals surface area contributed by atoms with Gasteiger partial charge >= 0.3 is 5.97 Å². The van der Waals surface area contributed by atoms with E-state index < -0.39 is 5.97 Å². The number of nitrogens with zero attached hydrogens (tertiary/aromatic N) is 4. The number of nitrogens with one attached hydrogen (secondary N) is 1. The molecule has 4 heterocycles. The van der Waals surface area contributed by atoms with Crippen molar-refractivity contribution in [3.05, 3.63) is 28.0 Å². The van der Waals surface area contributed by atoms with Crippen LogP contribution in [0.2, 0.25) is 0 Å². The van der Waals surface area contributed by atoms with E-state index in [1.54, 1.807) is 5.38 Å². The standard InChI is InChI=1S/C19H25N5O4S/c1-2-13-16-15(10-19(12-20-17(16)25)4-8-27-9-5-19)24(22-13)6-3-7-28-18(26)14-11-29-23-21-14/h11H,2-10,12H2,1H3,(H,20,25). The summed E-state index contributed by atoms with van der Waals surface area (Å²) in [6, 6.07) is 0. The predicted molar refractivity (Wildman–Crippen MR) is 105 cm³/mol. The molecule has 0 unspecified atom stereocenters. The summed E-state index contributed by atoms with van der Waals surface area (Å²) in [6.45, 7) is 4.98. The normalized spacial score (nSPS) is 18.2. The first kappa shape index (κ1) is 20.0. The van der Waals surface area contributed by atoms with Crippen molar-refractivity contribution >= 4 is 23.4 Å². The largest absolute Gasteiger partial charge is 0.461 e. The van der Waals surface area contributed by atoms with Gasteiger partial charge in [-0.3, -0.25) is 9.48 Å². The van der Waals surface area contributed by atoms with Gasteiger partial charge in [0, 0.05) is 38.1 Å². The van der Waals surface area contributed by atoms with Crippen molar-refractivity contribution in [1.82, 2.24) is 24.7 Å². The van der Waals surface area contributed by atoms with Crippen LogP contribution >= 0.6 is 11.5 Å². The lowest BCUT2D eigenvalue weighted by molar-refractivity contribution is 0.0152. The zero-order chi connectivity index (χ0) is 20.3. The number of aryl methyl sites for hydroxylation is 2. The van der Waals surface area contributed by atoms with Crippen LogP contribution < -0.4 is 5.32 Å². The molecule has 2 aliphatic rings. The van der Waals surface area contributed by atoms with Crippen LogP contribution in [0.25, 0.3) is 0 Å². The van der Waals surface area contributed by atoms with Crippen LogP contribution in [0.1, 0.15) is 58.4 Å². The van der Waals surface area contributed by atoms with Crippen LogP contribution in [0, 0.1) is 5.41 Å². The van der Waals surface area contributed by atoms with Crippen molar-refractivity contribution in [2.75, 3.05) is 26.4 Å². The van der Waals surface area contributed by atoms with Crippen molar-refractivity contribution in [1.29, 1.82) is 0 Å². The van der Waals surface area contributed by atoms with E-state index in [1.807, 2.05) is 11.6 Å². The maximum Gasteiger partial charge on any atom is 0.359 e. The Bertz CT molecular complexity index is 874. The SMILES string of the molecule is CCc1nn(CCCOC(=O)c2csnn2)c2c1C(=O)NCC1(CCOCC1)C2. The van der Waals surface area contributed by atoms with Crippen LogP contribution in [0.3, 0.4) is 0 Å². The molecule has 29 heavy (non-hydrogen) atoms. The summed E-state index contributed by atoms with van der Waals surface area (Å²) in [6.07, 6.45) is 3.97. The Labute approximate surface area is 172 Å². The number of rotatable bonds is 6. The molecule has 1 amide bonds. The maximum absolute atomic E-state index is 12.8. The molecular formula is C19H25N5O4S. The van der Waals surface area contributed by atoms with Crippen molar-refractivity contribution in [2.45, 2.75) is 45.6 Å². The third-order valence-corrected chi connectivity index (χ3v) is 6.23. The molecule has 9 nitrogen and oxygen atoms in total. The van der Waals surface area contributed by atoms with E-state index in [1.165, 1.54) is 0 Å². The average molecular weight is 420 g/mol. The molecule has 1 N–H and O–H groups in total. The molecule has 156 valence electrons. The second-order valence-corrected chi connectivity index (χ2v) is 8.21. The quantitative estimate of drug-likeness (QED) is 0.560. The van der Waals surface area contributed by atoms with Gasteiger partial charge in [-0.05, 0) is 42.6 Å². The van der Waals surface area contributed by atoms with Crippen LogP contribution in [0.4, 0.5) is 0 Å². The number of ether oxygens (including phenoxy) is 2. The van der Waals surface area contributed by atoms with Gasteiger partial charge in [0.2, 0.25) is 0 Å². The van der Waals surface area contributed by atoms with E-state index in [9.17, 15) is 9.59 Å². The van der Waals surface area contributed by atoms with Crippen molar-refractivity contribution in [3.63, 3.8) is 0 Å². The fourth-order valence-electron chi connectivity index (χ4n) is 4.06. The fraction of sp³-hybridized carbons (Fsp3) is 0.632. The zero-order valence-electron chi connectivity index (χ0n) is 16.5. The first-order chi connectivity index (χ1) is 14.1. The molecule has 0 aromatic carbocycles. The van der Waals surface area contributed by atoms with E-state index in [2.05, 4.69) is 14.9 Å². The molecule has 0 aliphatic carbocycles. The number of amides is 1. The summed E-state index contributed by atoms with van der Waals surface area (Å²) in [5.41, 5.74) is 2.79.